The average Bonchev–Trinajstić information content (AvgIpc) is 2.60. The summed E-state index contributed by atoms with van der Waals surface area (Å²) in [5, 5.41) is 1.16. The monoisotopic (exact) mass is 391 g/mol. The average molecular weight is 391 g/mol. The molecule has 0 unspecified atom stereocenters. The summed E-state index contributed by atoms with van der Waals surface area (Å²) < 4.78 is 29.7. The molecular formula is C20H25NO5S. The fraction of sp³-hybridized carbons (Fsp3) is 0.350. The first-order valence-electron chi connectivity index (χ1n) is 8.60. The van der Waals surface area contributed by atoms with E-state index in [1.165, 1.54) is 12.1 Å². The third-order valence-corrected chi connectivity index (χ3v) is 4.94. The van der Waals surface area contributed by atoms with Crippen molar-refractivity contribution in [2.24, 2.45) is 0 Å². The molecule has 0 aliphatic rings. The normalized spacial score (nSPS) is 12.0. The van der Waals surface area contributed by atoms with Crippen LogP contribution in [0.3, 0.4) is 0 Å². The summed E-state index contributed by atoms with van der Waals surface area (Å²) >= 11 is 0. The van der Waals surface area contributed by atoms with Crippen molar-refractivity contribution in [1.82, 2.24) is 0 Å². The fourth-order valence-corrected chi connectivity index (χ4v) is 3.30. The number of amides is 1. The predicted molar refractivity (Wildman–Crippen MR) is 104 cm³/mol. The molecule has 2 aromatic rings. The quantitative estimate of drug-likeness (QED) is 0.390. The lowest BCUT2D eigenvalue weighted by Crippen LogP contribution is -2.33. The highest BCUT2D eigenvalue weighted by molar-refractivity contribution is 7.86. The Hall–Kier alpha value is -2.22. The molecule has 0 fully saturated rings. The Bertz CT molecular complexity index is 870. The molecule has 0 atom stereocenters. The maximum atomic E-state index is 12.3. The molecule has 146 valence electrons. The van der Waals surface area contributed by atoms with Crippen LogP contribution >= 0.6 is 0 Å². The molecule has 0 aromatic heterocycles. The van der Waals surface area contributed by atoms with Crippen molar-refractivity contribution in [2.45, 2.75) is 44.6 Å². The van der Waals surface area contributed by atoms with Crippen LogP contribution in [-0.2, 0) is 30.4 Å². The molecule has 0 radical (unpaired) electrons. The number of aryl methyl sites for hydroxylation is 1. The molecule has 0 saturated carbocycles. The molecule has 7 heteroatoms. The Balaban J connectivity index is 2.10. The number of carbonyl (C=O) groups is 1. The van der Waals surface area contributed by atoms with E-state index in [1.807, 2.05) is 33.8 Å². The summed E-state index contributed by atoms with van der Waals surface area (Å²) in [7, 11) is -3.83. The van der Waals surface area contributed by atoms with Crippen molar-refractivity contribution in [2.75, 3.05) is 11.7 Å². The topological polar surface area (TPSA) is 72.9 Å². The molecule has 6 nitrogen and oxygen atoms in total. The van der Waals surface area contributed by atoms with Crippen LogP contribution in [0.25, 0.3) is 0 Å². The lowest BCUT2D eigenvalue weighted by molar-refractivity contribution is -0.120. The van der Waals surface area contributed by atoms with Crippen LogP contribution in [0.15, 0.2) is 53.4 Å². The van der Waals surface area contributed by atoms with E-state index in [0.29, 0.717) is 18.5 Å². The Kier molecular flexibility index (Phi) is 6.75. The highest BCUT2D eigenvalue weighted by Gasteiger charge is 2.20. The number of para-hydroxylation sites is 1. The highest BCUT2D eigenvalue weighted by atomic mass is 32.2. The first-order chi connectivity index (χ1) is 12.6. The van der Waals surface area contributed by atoms with Crippen molar-refractivity contribution in [3.05, 3.63) is 59.7 Å². The van der Waals surface area contributed by atoms with Gasteiger partial charge in [-0.2, -0.15) is 13.5 Å². The predicted octanol–water partition coefficient (Wildman–Crippen LogP) is 3.64. The molecular weight excluding hydrogens is 366 g/mol. The molecule has 2 rings (SSSR count). The van der Waals surface area contributed by atoms with Crippen molar-refractivity contribution in [1.29, 1.82) is 0 Å². The van der Waals surface area contributed by atoms with Crippen molar-refractivity contribution in [3.8, 4) is 0 Å². The summed E-state index contributed by atoms with van der Waals surface area (Å²) in [5.41, 5.74) is 1.71. The van der Waals surface area contributed by atoms with Crippen LogP contribution in [0, 0.1) is 6.92 Å². The minimum absolute atomic E-state index is 0.0462. The minimum atomic E-state index is -3.83. The number of benzene rings is 2. The first-order valence-corrected chi connectivity index (χ1v) is 10.0. The van der Waals surface area contributed by atoms with E-state index in [-0.39, 0.29) is 11.5 Å². The Labute approximate surface area is 160 Å². The van der Waals surface area contributed by atoms with Crippen LogP contribution < -0.4 is 5.06 Å². The minimum Gasteiger partial charge on any atom is -0.276 e. The summed E-state index contributed by atoms with van der Waals surface area (Å²) in [5.74, 6) is 0. The maximum absolute atomic E-state index is 12.3. The number of rotatable bonds is 8. The SMILES string of the molecule is Cc1ccc(S(=O)(=O)OCCc2ccccc2N(C=O)OC(C)(C)C)cc1. The fourth-order valence-electron chi connectivity index (χ4n) is 2.39. The zero-order valence-corrected chi connectivity index (χ0v) is 16.8. The van der Waals surface area contributed by atoms with Gasteiger partial charge in [0.1, 0.15) is 0 Å². The molecule has 27 heavy (non-hydrogen) atoms. The zero-order valence-electron chi connectivity index (χ0n) is 16.0. The second-order valence-corrected chi connectivity index (χ2v) is 8.72. The molecule has 2 aromatic carbocycles. The number of hydrogen-bond acceptors (Lipinski definition) is 5. The van der Waals surface area contributed by atoms with Crippen LogP contribution in [0.4, 0.5) is 5.69 Å². The maximum Gasteiger partial charge on any atom is 0.296 e. The molecule has 0 aliphatic heterocycles. The van der Waals surface area contributed by atoms with Gasteiger partial charge in [0.05, 0.1) is 22.8 Å². The molecule has 0 spiro atoms. The highest BCUT2D eigenvalue weighted by Crippen LogP contribution is 2.24. The molecule has 0 aliphatic carbocycles. The van der Waals surface area contributed by atoms with E-state index in [1.54, 1.807) is 30.3 Å². The second kappa shape index (κ2) is 8.65. The summed E-state index contributed by atoms with van der Waals surface area (Å²) in [6.45, 7) is 7.35. The largest absolute Gasteiger partial charge is 0.296 e. The van der Waals surface area contributed by atoms with Gasteiger partial charge in [0.2, 0.25) is 6.41 Å². The van der Waals surface area contributed by atoms with Gasteiger partial charge in [0, 0.05) is 0 Å². The van der Waals surface area contributed by atoms with Gasteiger partial charge in [-0.1, -0.05) is 35.9 Å². The number of carbonyl (C=O) groups excluding carboxylic acids is 1. The number of nitrogens with zero attached hydrogens (tertiary/aromatic N) is 1. The third kappa shape index (κ3) is 6.16. The molecule has 0 bridgehead atoms. The van der Waals surface area contributed by atoms with Crippen molar-refractivity contribution >= 4 is 22.2 Å². The Morgan fingerprint density at radius 1 is 1.04 bits per heavy atom. The van der Waals surface area contributed by atoms with E-state index in [9.17, 15) is 13.2 Å². The van der Waals surface area contributed by atoms with Crippen molar-refractivity contribution < 1.29 is 22.2 Å². The van der Waals surface area contributed by atoms with Gasteiger partial charge in [-0.25, -0.2) is 0 Å². The van der Waals surface area contributed by atoms with Crippen LogP contribution in [0.2, 0.25) is 0 Å². The van der Waals surface area contributed by atoms with Crippen molar-refractivity contribution in [3.63, 3.8) is 0 Å². The lowest BCUT2D eigenvalue weighted by Gasteiger charge is -2.28. The van der Waals surface area contributed by atoms with Gasteiger partial charge < -0.3 is 0 Å². The third-order valence-electron chi connectivity index (χ3n) is 3.62. The first kappa shape index (κ1) is 21.1. The number of anilines is 1. The summed E-state index contributed by atoms with van der Waals surface area (Å²) in [4.78, 5) is 17.2. The number of hydrogen-bond donors (Lipinski definition) is 0. The van der Waals surface area contributed by atoms with Crippen LogP contribution in [-0.4, -0.2) is 27.0 Å². The van der Waals surface area contributed by atoms with E-state index in [2.05, 4.69) is 0 Å². The van der Waals surface area contributed by atoms with E-state index in [4.69, 9.17) is 9.02 Å². The molecule has 0 N–H and O–H groups in total. The zero-order chi connectivity index (χ0) is 20.1. The van der Waals surface area contributed by atoms with Gasteiger partial charge in [0.15, 0.2) is 0 Å². The van der Waals surface area contributed by atoms with Crippen LogP contribution in [0.1, 0.15) is 31.9 Å². The van der Waals surface area contributed by atoms with Gasteiger partial charge >= 0.3 is 0 Å². The summed E-state index contributed by atoms with van der Waals surface area (Å²) in [6, 6.07) is 13.6. The van der Waals surface area contributed by atoms with Crippen LogP contribution in [0.5, 0.6) is 0 Å². The lowest BCUT2D eigenvalue weighted by atomic mass is 10.1. The Morgan fingerprint density at radius 3 is 2.26 bits per heavy atom. The van der Waals surface area contributed by atoms with E-state index >= 15 is 0 Å². The van der Waals surface area contributed by atoms with E-state index < -0.39 is 15.7 Å². The second-order valence-electron chi connectivity index (χ2n) is 7.10. The molecule has 1 amide bonds. The number of hydroxylamine groups is 1. The standard InChI is InChI=1S/C20H25NO5S/c1-16-9-11-18(12-10-16)27(23,24)25-14-13-17-7-5-6-8-19(17)21(15-22)26-20(2,3)4/h5-12,15H,13-14H2,1-4H3. The smallest absolute Gasteiger partial charge is 0.276 e. The molecule has 0 saturated heterocycles. The van der Waals surface area contributed by atoms with E-state index in [0.717, 1.165) is 16.2 Å². The van der Waals surface area contributed by atoms with Gasteiger partial charge in [-0.3, -0.25) is 13.8 Å². The Morgan fingerprint density at radius 2 is 1.67 bits per heavy atom. The molecule has 0 heterocycles. The summed E-state index contributed by atoms with van der Waals surface area (Å²) in [6.07, 6.45) is 0.896. The van der Waals surface area contributed by atoms with Gasteiger partial charge in [0.25, 0.3) is 10.1 Å². The van der Waals surface area contributed by atoms with Gasteiger partial charge in [-0.05, 0) is 57.9 Å². The van der Waals surface area contributed by atoms with Gasteiger partial charge in [-0.15, -0.1) is 0 Å².